The largest absolute Gasteiger partial charge is 0.478 e. The fraction of sp³-hybridized carbons (Fsp3) is 0.345. The third-order valence-electron chi connectivity index (χ3n) is 5.87. The quantitative estimate of drug-likeness (QED) is 0.296. The molecule has 3 aromatic carbocycles. The normalized spacial score (nSPS) is 12.4. The third kappa shape index (κ3) is 6.87. The highest BCUT2D eigenvalue weighted by Gasteiger charge is 2.30. The fourth-order valence-electron chi connectivity index (χ4n) is 3.88. The van der Waals surface area contributed by atoms with Gasteiger partial charge in [0.15, 0.2) is 5.60 Å². The van der Waals surface area contributed by atoms with E-state index in [2.05, 4.69) is 54.8 Å². The topological polar surface area (TPSA) is 55.8 Å². The van der Waals surface area contributed by atoms with E-state index in [4.69, 9.17) is 9.47 Å². The number of aliphatic carboxylic acids is 1. The van der Waals surface area contributed by atoms with Crippen LogP contribution in [0.25, 0.3) is 0 Å². The highest BCUT2D eigenvalue weighted by Crippen LogP contribution is 2.31. The maximum Gasteiger partial charge on any atom is 0.347 e. The lowest BCUT2D eigenvalue weighted by molar-refractivity contribution is -0.152. The lowest BCUT2D eigenvalue weighted by atomic mass is 9.97. The molecule has 0 amide bonds. The second kappa shape index (κ2) is 11.6. The molecule has 3 aromatic rings. The molecule has 0 heterocycles. The van der Waals surface area contributed by atoms with Gasteiger partial charge < -0.3 is 14.6 Å². The summed E-state index contributed by atoms with van der Waals surface area (Å²) in [4.78, 5) is 12.7. The van der Waals surface area contributed by atoms with Gasteiger partial charge in [-0.1, -0.05) is 54.6 Å². The Balaban J connectivity index is 1.76. The highest BCUT2D eigenvalue weighted by molar-refractivity contribution is 7.98. The number of hydrogen-bond donors (Lipinski definition) is 1. The van der Waals surface area contributed by atoms with Gasteiger partial charge in [0.25, 0.3) is 0 Å². The van der Waals surface area contributed by atoms with Crippen LogP contribution in [-0.2, 0) is 22.6 Å². The van der Waals surface area contributed by atoms with Crippen LogP contribution < -0.4 is 4.74 Å². The molecule has 1 N–H and O–H groups in total. The van der Waals surface area contributed by atoms with Crippen LogP contribution >= 0.6 is 11.8 Å². The van der Waals surface area contributed by atoms with E-state index in [1.165, 1.54) is 16.0 Å². The third-order valence-corrected chi connectivity index (χ3v) is 6.61. The zero-order valence-corrected chi connectivity index (χ0v) is 21.4. The highest BCUT2D eigenvalue weighted by atomic mass is 32.2. The lowest BCUT2D eigenvalue weighted by Gasteiger charge is -2.25. The van der Waals surface area contributed by atoms with Crippen molar-refractivity contribution in [1.82, 2.24) is 0 Å². The average Bonchev–Trinajstić information content (AvgIpc) is 2.82. The molecule has 1 unspecified atom stereocenters. The second-order valence-electron chi connectivity index (χ2n) is 9.07. The Kier molecular flexibility index (Phi) is 8.81. The summed E-state index contributed by atoms with van der Waals surface area (Å²) < 4.78 is 12.2. The molecular formula is C29H34O4S. The molecule has 0 fully saturated rings. The minimum Gasteiger partial charge on any atom is -0.478 e. The van der Waals surface area contributed by atoms with Gasteiger partial charge in [-0.15, -0.1) is 11.8 Å². The van der Waals surface area contributed by atoms with Crippen molar-refractivity contribution in [2.45, 2.75) is 63.7 Å². The summed E-state index contributed by atoms with van der Waals surface area (Å²) in [5.74, 6) is -0.345. The van der Waals surface area contributed by atoms with E-state index in [0.717, 1.165) is 29.5 Å². The van der Waals surface area contributed by atoms with Gasteiger partial charge >= 0.3 is 5.97 Å². The maximum atomic E-state index is 11.5. The number of rotatable bonds is 11. The smallest absolute Gasteiger partial charge is 0.347 e. The van der Waals surface area contributed by atoms with E-state index in [1.807, 2.05) is 32.0 Å². The first kappa shape index (κ1) is 25.9. The SMILES string of the molecule is CSc1ccc(C(CCc2cc(C)c(OC(C)(C)C(=O)O)c(C)c2)OCc2ccccc2)cc1. The summed E-state index contributed by atoms with van der Waals surface area (Å²) >= 11 is 1.73. The molecule has 0 aromatic heterocycles. The molecule has 0 spiro atoms. The van der Waals surface area contributed by atoms with Gasteiger partial charge in [0, 0.05) is 4.90 Å². The van der Waals surface area contributed by atoms with Crippen molar-refractivity contribution in [3.05, 3.63) is 94.5 Å². The first-order valence-corrected chi connectivity index (χ1v) is 12.7. The molecule has 0 aliphatic carbocycles. The van der Waals surface area contributed by atoms with Gasteiger partial charge in [-0.25, -0.2) is 4.79 Å². The Morgan fingerprint density at radius 3 is 2.15 bits per heavy atom. The van der Waals surface area contributed by atoms with Crippen molar-refractivity contribution in [2.24, 2.45) is 0 Å². The van der Waals surface area contributed by atoms with E-state index < -0.39 is 11.6 Å². The first-order valence-electron chi connectivity index (χ1n) is 11.5. The minimum atomic E-state index is -1.28. The molecule has 0 saturated heterocycles. The summed E-state index contributed by atoms with van der Waals surface area (Å²) in [7, 11) is 0. The maximum absolute atomic E-state index is 11.5. The summed E-state index contributed by atoms with van der Waals surface area (Å²) in [6.07, 6.45) is 3.73. The molecule has 0 aliphatic rings. The predicted molar refractivity (Wildman–Crippen MR) is 139 cm³/mol. The summed E-state index contributed by atoms with van der Waals surface area (Å²) in [6, 6.07) is 23.0. The van der Waals surface area contributed by atoms with Crippen molar-refractivity contribution in [1.29, 1.82) is 0 Å². The molecule has 180 valence electrons. The second-order valence-corrected chi connectivity index (χ2v) is 9.95. The molecular weight excluding hydrogens is 444 g/mol. The van der Waals surface area contributed by atoms with E-state index in [0.29, 0.717) is 12.4 Å². The number of carbonyl (C=O) groups is 1. The molecule has 0 aliphatic heterocycles. The van der Waals surface area contributed by atoms with Gasteiger partial charge in [0.05, 0.1) is 12.7 Å². The van der Waals surface area contributed by atoms with Crippen molar-refractivity contribution < 1.29 is 19.4 Å². The molecule has 34 heavy (non-hydrogen) atoms. The Hall–Kier alpha value is -2.76. The van der Waals surface area contributed by atoms with E-state index >= 15 is 0 Å². The molecule has 3 rings (SSSR count). The van der Waals surface area contributed by atoms with Crippen LogP contribution in [0.2, 0.25) is 0 Å². The van der Waals surface area contributed by atoms with Gasteiger partial charge in [-0.2, -0.15) is 0 Å². The van der Waals surface area contributed by atoms with Crippen molar-refractivity contribution in [3.8, 4) is 5.75 Å². The number of hydrogen-bond acceptors (Lipinski definition) is 4. The fourth-order valence-corrected chi connectivity index (χ4v) is 4.29. The summed E-state index contributed by atoms with van der Waals surface area (Å²) in [5, 5.41) is 9.42. The van der Waals surface area contributed by atoms with E-state index in [-0.39, 0.29) is 6.10 Å². The van der Waals surface area contributed by atoms with Crippen LogP contribution in [0, 0.1) is 13.8 Å². The van der Waals surface area contributed by atoms with Gasteiger partial charge in [0.2, 0.25) is 0 Å². The van der Waals surface area contributed by atoms with Crippen molar-refractivity contribution in [3.63, 3.8) is 0 Å². The average molecular weight is 479 g/mol. The number of benzene rings is 3. The number of carboxylic acids is 1. The van der Waals surface area contributed by atoms with Crippen molar-refractivity contribution >= 4 is 17.7 Å². The number of aryl methyl sites for hydroxylation is 3. The molecule has 0 saturated carbocycles. The molecule has 0 bridgehead atoms. The van der Waals surface area contributed by atoms with Gasteiger partial charge in [-0.3, -0.25) is 0 Å². The van der Waals surface area contributed by atoms with Crippen LogP contribution in [0.5, 0.6) is 5.75 Å². The standard InChI is InChI=1S/C29H34O4S/c1-20-17-23(18-21(2)27(20)33-29(3,4)28(30)31)11-16-26(24-12-14-25(34-5)15-13-24)32-19-22-9-7-6-8-10-22/h6-10,12-15,17-18,26H,11,16,19H2,1-5H3,(H,30,31). The monoisotopic (exact) mass is 478 g/mol. The van der Waals surface area contributed by atoms with Gasteiger partial charge in [-0.05, 0) is 86.7 Å². The number of ether oxygens (including phenoxy) is 2. The van der Waals surface area contributed by atoms with Crippen LogP contribution in [0.1, 0.15) is 54.2 Å². The van der Waals surface area contributed by atoms with Crippen LogP contribution in [0.15, 0.2) is 71.6 Å². The van der Waals surface area contributed by atoms with Crippen LogP contribution in [0.3, 0.4) is 0 Å². The molecule has 0 radical (unpaired) electrons. The van der Waals surface area contributed by atoms with Crippen LogP contribution in [0.4, 0.5) is 0 Å². The van der Waals surface area contributed by atoms with Gasteiger partial charge in [0.1, 0.15) is 5.75 Å². The number of carboxylic acid groups (broad SMARTS) is 1. The zero-order valence-electron chi connectivity index (χ0n) is 20.6. The Labute approximate surface area is 207 Å². The molecule has 5 heteroatoms. The minimum absolute atomic E-state index is 0.0291. The number of thioether (sulfide) groups is 1. The van der Waals surface area contributed by atoms with E-state index in [9.17, 15) is 9.90 Å². The Morgan fingerprint density at radius 2 is 1.59 bits per heavy atom. The zero-order chi connectivity index (χ0) is 24.7. The summed E-state index contributed by atoms with van der Waals surface area (Å²) in [6.45, 7) is 7.63. The Bertz CT molecular complexity index is 1070. The first-order chi connectivity index (χ1) is 16.2. The van der Waals surface area contributed by atoms with Crippen LogP contribution in [-0.4, -0.2) is 22.9 Å². The molecule has 1 atom stereocenters. The predicted octanol–water partition coefficient (Wildman–Crippen LogP) is 7.16. The van der Waals surface area contributed by atoms with Crippen molar-refractivity contribution in [2.75, 3.05) is 6.26 Å². The van der Waals surface area contributed by atoms with E-state index in [1.54, 1.807) is 25.6 Å². The lowest BCUT2D eigenvalue weighted by Crippen LogP contribution is -2.38. The molecule has 4 nitrogen and oxygen atoms in total. The summed E-state index contributed by atoms with van der Waals surface area (Å²) in [5.41, 5.74) is 4.11. The Morgan fingerprint density at radius 1 is 0.971 bits per heavy atom.